The van der Waals surface area contributed by atoms with Crippen LogP contribution in [-0.2, 0) is 0 Å². The van der Waals surface area contributed by atoms with E-state index >= 15 is 0 Å². The number of phenols is 1. The molecule has 17 heavy (non-hydrogen) atoms. The summed E-state index contributed by atoms with van der Waals surface area (Å²) in [7, 11) is 3.16. The number of aromatic amines is 1. The highest BCUT2D eigenvalue weighted by molar-refractivity contribution is 5.86. The molecule has 1 aromatic heterocycles. The maximum Gasteiger partial charge on any atom is 0.160 e. The highest BCUT2D eigenvalue weighted by Crippen LogP contribution is 2.30. The Balaban J connectivity index is 2.46. The van der Waals surface area contributed by atoms with Gasteiger partial charge in [0.15, 0.2) is 11.5 Å². The monoisotopic (exact) mass is 232 g/mol. The van der Waals surface area contributed by atoms with Gasteiger partial charge in [-0.3, -0.25) is 4.99 Å². The standard InChI is InChI=1S/C11H12N4O2/c1-12-6-8-11(14-15-13-8)7-3-4-10(17-2)9(16)5-7/h3-6,16H,1-2H3,(H,13,14,15). The van der Waals surface area contributed by atoms with E-state index < -0.39 is 0 Å². The number of aromatic nitrogens is 3. The van der Waals surface area contributed by atoms with Crippen molar-refractivity contribution >= 4 is 6.21 Å². The molecule has 0 aliphatic heterocycles. The van der Waals surface area contributed by atoms with Crippen molar-refractivity contribution in [2.45, 2.75) is 0 Å². The third-order valence-corrected chi connectivity index (χ3v) is 2.28. The Morgan fingerprint density at radius 3 is 2.88 bits per heavy atom. The zero-order chi connectivity index (χ0) is 12.3. The minimum absolute atomic E-state index is 0.0624. The van der Waals surface area contributed by atoms with Crippen LogP contribution in [0.3, 0.4) is 0 Å². The fourth-order valence-electron chi connectivity index (χ4n) is 1.50. The second kappa shape index (κ2) is 4.65. The zero-order valence-corrected chi connectivity index (χ0v) is 9.51. The molecule has 0 aliphatic carbocycles. The molecule has 1 aromatic carbocycles. The van der Waals surface area contributed by atoms with Gasteiger partial charge >= 0.3 is 0 Å². The van der Waals surface area contributed by atoms with E-state index in [2.05, 4.69) is 20.4 Å². The third-order valence-electron chi connectivity index (χ3n) is 2.28. The van der Waals surface area contributed by atoms with Gasteiger partial charge in [0, 0.05) is 12.6 Å². The van der Waals surface area contributed by atoms with Gasteiger partial charge in [0.05, 0.1) is 13.3 Å². The first-order valence-electron chi connectivity index (χ1n) is 4.96. The lowest BCUT2D eigenvalue weighted by atomic mass is 10.1. The molecule has 1 heterocycles. The Kier molecular flexibility index (Phi) is 3.04. The average Bonchev–Trinajstić information content (AvgIpc) is 2.78. The van der Waals surface area contributed by atoms with Crippen molar-refractivity contribution in [3.05, 3.63) is 23.9 Å². The van der Waals surface area contributed by atoms with Crippen LogP contribution in [0.4, 0.5) is 0 Å². The summed E-state index contributed by atoms with van der Waals surface area (Å²) >= 11 is 0. The number of H-pyrrole nitrogens is 1. The van der Waals surface area contributed by atoms with E-state index in [0.29, 0.717) is 17.1 Å². The Morgan fingerprint density at radius 1 is 1.41 bits per heavy atom. The highest BCUT2D eigenvalue weighted by atomic mass is 16.5. The molecule has 0 spiro atoms. The number of hydrogen-bond donors (Lipinski definition) is 2. The first-order valence-corrected chi connectivity index (χ1v) is 4.96. The second-order valence-electron chi connectivity index (χ2n) is 3.33. The molecule has 0 fully saturated rings. The van der Waals surface area contributed by atoms with Crippen LogP contribution in [0.15, 0.2) is 23.2 Å². The summed E-state index contributed by atoms with van der Waals surface area (Å²) in [6.45, 7) is 0. The van der Waals surface area contributed by atoms with Crippen LogP contribution in [-0.4, -0.2) is 40.9 Å². The predicted octanol–water partition coefficient (Wildman–Crippen LogP) is 1.23. The van der Waals surface area contributed by atoms with Crippen molar-refractivity contribution < 1.29 is 9.84 Å². The maximum atomic E-state index is 9.69. The van der Waals surface area contributed by atoms with Crippen LogP contribution in [0.2, 0.25) is 0 Å². The Bertz CT molecular complexity index is 548. The molecule has 0 aliphatic rings. The van der Waals surface area contributed by atoms with Gasteiger partial charge in [0.1, 0.15) is 11.4 Å². The predicted molar refractivity (Wildman–Crippen MR) is 63.6 cm³/mol. The number of benzene rings is 1. The van der Waals surface area contributed by atoms with Crippen LogP contribution in [0, 0.1) is 0 Å². The molecule has 0 amide bonds. The number of ether oxygens (including phenoxy) is 1. The van der Waals surface area contributed by atoms with Gasteiger partial charge in [-0.25, -0.2) is 0 Å². The number of phenolic OH excluding ortho intramolecular Hbond substituents is 1. The summed E-state index contributed by atoms with van der Waals surface area (Å²) in [6, 6.07) is 5.04. The van der Waals surface area contributed by atoms with Crippen LogP contribution in [0.1, 0.15) is 5.69 Å². The number of aliphatic imine (C=N–C) groups is 1. The third kappa shape index (κ3) is 2.10. The number of nitrogens with zero attached hydrogens (tertiary/aromatic N) is 3. The number of rotatable bonds is 3. The molecular weight excluding hydrogens is 220 g/mol. The lowest BCUT2D eigenvalue weighted by molar-refractivity contribution is 0.373. The summed E-state index contributed by atoms with van der Waals surface area (Å²) in [5.41, 5.74) is 2.00. The van der Waals surface area contributed by atoms with Crippen molar-refractivity contribution in [3.8, 4) is 22.8 Å². The van der Waals surface area contributed by atoms with E-state index in [1.165, 1.54) is 7.11 Å². The molecule has 0 unspecified atom stereocenters. The topological polar surface area (TPSA) is 83.4 Å². The molecule has 2 aromatic rings. The summed E-state index contributed by atoms with van der Waals surface area (Å²) in [5.74, 6) is 0.482. The van der Waals surface area contributed by atoms with E-state index in [1.807, 2.05) is 0 Å². The van der Waals surface area contributed by atoms with Gasteiger partial charge in [-0.15, -0.1) is 0 Å². The zero-order valence-electron chi connectivity index (χ0n) is 9.51. The molecule has 0 atom stereocenters. The maximum absolute atomic E-state index is 9.69. The minimum atomic E-state index is 0.0624. The molecular formula is C11H12N4O2. The van der Waals surface area contributed by atoms with Gasteiger partial charge in [-0.2, -0.15) is 15.4 Å². The summed E-state index contributed by atoms with van der Waals surface area (Å²) in [5, 5.41) is 20.2. The molecule has 88 valence electrons. The van der Waals surface area contributed by atoms with E-state index in [1.54, 1.807) is 31.5 Å². The lowest BCUT2D eigenvalue weighted by Gasteiger charge is -2.04. The van der Waals surface area contributed by atoms with E-state index in [-0.39, 0.29) is 5.75 Å². The smallest absolute Gasteiger partial charge is 0.160 e. The normalized spacial score (nSPS) is 10.9. The lowest BCUT2D eigenvalue weighted by Crippen LogP contribution is -1.88. The summed E-state index contributed by atoms with van der Waals surface area (Å²) in [4.78, 5) is 3.89. The van der Waals surface area contributed by atoms with Crippen molar-refractivity contribution in [3.63, 3.8) is 0 Å². The fourth-order valence-corrected chi connectivity index (χ4v) is 1.50. The number of aromatic hydroxyl groups is 1. The molecule has 2 N–H and O–H groups in total. The number of methoxy groups -OCH3 is 1. The minimum Gasteiger partial charge on any atom is -0.504 e. The van der Waals surface area contributed by atoms with Crippen molar-refractivity contribution in [1.82, 2.24) is 15.4 Å². The van der Waals surface area contributed by atoms with Gasteiger partial charge in [-0.1, -0.05) is 0 Å². The van der Waals surface area contributed by atoms with Gasteiger partial charge in [0.2, 0.25) is 0 Å². The van der Waals surface area contributed by atoms with E-state index in [9.17, 15) is 5.11 Å². The molecule has 2 rings (SSSR count). The van der Waals surface area contributed by atoms with Gasteiger partial charge in [-0.05, 0) is 18.2 Å². The van der Waals surface area contributed by atoms with Crippen molar-refractivity contribution in [1.29, 1.82) is 0 Å². The van der Waals surface area contributed by atoms with Gasteiger partial charge in [0.25, 0.3) is 0 Å². The van der Waals surface area contributed by atoms with Crippen LogP contribution >= 0.6 is 0 Å². The molecule has 0 bridgehead atoms. The van der Waals surface area contributed by atoms with E-state index in [0.717, 1.165) is 5.56 Å². The second-order valence-corrected chi connectivity index (χ2v) is 3.33. The first-order chi connectivity index (χ1) is 8.26. The van der Waals surface area contributed by atoms with Crippen LogP contribution in [0.25, 0.3) is 11.3 Å². The highest BCUT2D eigenvalue weighted by Gasteiger charge is 2.10. The molecule has 0 saturated carbocycles. The Morgan fingerprint density at radius 2 is 2.24 bits per heavy atom. The van der Waals surface area contributed by atoms with Crippen LogP contribution in [0.5, 0.6) is 11.5 Å². The SMILES string of the molecule is CN=Cc1n[nH]nc1-c1ccc(OC)c(O)c1. The van der Waals surface area contributed by atoms with E-state index in [4.69, 9.17) is 4.74 Å². The quantitative estimate of drug-likeness (QED) is 0.780. The Labute approximate surface area is 98.0 Å². The summed E-state index contributed by atoms with van der Waals surface area (Å²) < 4.78 is 4.97. The van der Waals surface area contributed by atoms with Crippen molar-refractivity contribution in [2.24, 2.45) is 4.99 Å². The largest absolute Gasteiger partial charge is 0.504 e. The van der Waals surface area contributed by atoms with Crippen LogP contribution < -0.4 is 4.74 Å². The molecule has 0 saturated heterocycles. The first kappa shape index (κ1) is 11.1. The Hall–Kier alpha value is -2.37. The average molecular weight is 232 g/mol. The molecule has 6 heteroatoms. The number of nitrogens with one attached hydrogen (secondary N) is 1. The number of hydrogen-bond acceptors (Lipinski definition) is 5. The fraction of sp³-hybridized carbons (Fsp3) is 0.182. The van der Waals surface area contributed by atoms with Crippen molar-refractivity contribution in [2.75, 3.05) is 14.2 Å². The summed E-state index contributed by atoms with van der Waals surface area (Å²) in [6.07, 6.45) is 1.60. The molecule has 0 radical (unpaired) electrons. The van der Waals surface area contributed by atoms with Gasteiger partial charge < -0.3 is 9.84 Å². The molecule has 6 nitrogen and oxygen atoms in total.